The second kappa shape index (κ2) is 9.70. The molecule has 4 aromatic heterocycles. The lowest BCUT2D eigenvalue weighted by Gasteiger charge is -2.10. The van der Waals surface area contributed by atoms with Crippen LogP contribution in [0.25, 0.3) is 76.5 Å². The van der Waals surface area contributed by atoms with Crippen molar-refractivity contribution in [1.29, 1.82) is 0 Å². The Morgan fingerprint density at radius 3 is 1.90 bits per heavy atom. The number of fused-ring (bicyclic) bond motifs is 4. The summed E-state index contributed by atoms with van der Waals surface area (Å²) in [5.74, 6) is 0.650. The molecule has 0 radical (unpaired) electrons. The summed E-state index contributed by atoms with van der Waals surface area (Å²) in [6.07, 6.45) is 1.61. The molecule has 0 aliphatic rings. The molecular weight excluding hydrogens is 522 g/mol. The monoisotopic (exact) mass is 543 g/mol. The van der Waals surface area contributed by atoms with Gasteiger partial charge in [0.25, 0.3) is 0 Å². The van der Waals surface area contributed by atoms with Gasteiger partial charge in [0.15, 0.2) is 5.82 Å². The van der Waals surface area contributed by atoms with Crippen molar-refractivity contribution in [2.75, 3.05) is 0 Å². The second-order valence-corrected chi connectivity index (χ2v) is 10.8. The van der Waals surface area contributed by atoms with E-state index in [1.165, 1.54) is 15.5 Å². The molecule has 41 heavy (non-hydrogen) atoms. The Morgan fingerprint density at radius 2 is 1.15 bits per heavy atom. The van der Waals surface area contributed by atoms with Crippen LogP contribution in [-0.4, -0.2) is 24.9 Å². The van der Waals surface area contributed by atoms with Gasteiger partial charge in [0.1, 0.15) is 11.2 Å². The molecule has 8 rings (SSSR count). The minimum Gasteiger partial charge on any atom is -0.236 e. The zero-order valence-electron chi connectivity index (χ0n) is 21.8. The highest BCUT2D eigenvalue weighted by atomic mass is 32.1. The van der Waals surface area contributed by atoms with Gasteiger partial charge in [-0.1, -0.05) is 84.9 Å². The van der Waals surface area contributed by atoms with E-state index in [2.05, 4.69) is 76.7 Å². The van der Waals surface area contributed by atoms with Gasteiger partial charge in [0, 0.05) is 37.5 Å². The van der Waals surface area contributed by atoms with Crippen molar-refractivity contribution < 1.29 is 0 Å². The van der Waals surface area contributed by atoms with Crippen LogP contribution in [-0.2, 0) is 0 Å². The number of pyridine rings is 1. The zero-order valence-corrected chi connectivity index (χ0v) is 22.6. The Labute approximate surface area is 239 Å². The molecule has 0 saturated carbocycles. The first-order valence-electron chi connectivity index (χ1n) is 13.3. The van der Waals surface area contributed by atoms with E-state index in [0.717, 1.165) is 55.2 Å². The maximum absolute atomic E-state index is 5.01. The predicted octanol–water partition coefficient (Wildman–Crippen LogP) is 8.85. The molecule has 0 N–H and O–H groups in total. The maximum Gasteiger partial charge on any atom is 0.160 e. The second-order valence-electron chi connectivity index (χ2n) is 9.80. The SMILES string of the molecule is c1ccc(-c2cc(-c3ccccc3)nc(-c3ccc4c(-c5ccc6c(n5)sc5ccccc56)ncnc4c3)n2)cc1. The van der Waals surface area contributed by atoms with Crippen molar-refractivity contribution in [3.63, 3.8) is 0 Å². The van der Waals surface area contributed by atoms with Crippen LogP contribution in [0.4, 0.5) is 0 Å². The Hall–Kier alpha value is -5.33. The van der Waals surface area contributed by atoms with Gasteiger partial charge in [-0.2, -0.15) is 0 Å². The molecule has 192 valence electrons. The number of benzene rings is 4. The molecule has 0 fully saturated rings. The van der Waals surface area contributed by atoms with Crippen LogP contribution >= 0.6 is 11.3 Å². The summed E-state index contributed by atoms with van der Waals surface area (Å²) in [5.41, 5.74) is 7.19. The summed E-state index contributed by atoms with van der Waals surface area (Å²) in [7, 11) is 0. The van der Waals surface area contributed by atoms with Gasteiger partial charge in [0.2, 0.25) is 0 Å². The number of thiophene rings is 1. The van der Waals surface area contributed by atoms with E-state index < -0.39 is 0 Å². The normalized spacial score (nSPS) is 11.4. The van der Waals surface area contributed by atoms with Crippen LogP contribution in [0.2, 0.25) is 0 Å². The van der Waals surface area contributed by atoms with Crippen molar-refractivity contribution in [2.45, 2.75) is 0 Å². The molecule has 0 spiro atoms. The molecule has 4 heterocycles. The summed E-state index contributed by atoms with van der Waals surface area (Å²) in [6.45, 7) is 0. The third-order valence-corrected chi connectivity index (χ3v) is 8.33. The minimum absolute atomic E-state index is 0.650. The lowest BCUT2D eigenvalue weighted by atomic mass is 10.0. The highest BCUT2D eigenvalue weighted by Gasteiger charge is 2.15. The summed E-state index contributed by atoms with van der Waals surface area (Å²) < 4.78 is 1.23. The fourth-order valence-electron chi connectivity index (χ4n) is 5.23. The van der Waals surface area contributed by atoms with E-state index in [0.29, 0.717) is 5.82 Å². The summed E-state index contributed by atoms with van der Waals surface area (Å²) in [6, 6.07) is 41.2. The molecule has 0 aliphatic carbocycles. The number of aromatic nitrogens is 5. The smallest absolute Gasteiger partial charge is 0.160 e. The largest absolute Gasteiger partial charge is 0.236 e. The van der Waals surface area contributed by atoms with Gasteiger partial charge in [-0.25, -0.2) is 24.9 Å². The maximum atomic E-state index is 5.01. The fourth-order valence-corrected chi connectivity index (χ4v) is 6.30. The molecule has 0 bridgehead atoms. The van der Waals surface area contributed by atoms with Crippen LogP contribution in [0.15, 0.2) is 128 Å². The van der Waals surface area contributed by atoms with Crippen molar-refractivity contribution >= 4 is 42.5 Å². The van der Waals surface area contributed by atoms with Crippen LogP contribution in [0.1, 0.15) is 0 Å². The average Bonchev–Trinajstić information content (AvgIpc) is 3.43. The summed E-state index contributed by atoms with van der Waals surface area (Å²) in [5, 5.41) is 3.34. The lowest BCUT2D eigenvalue weighted by molar-refractivity contribution is 1.18. The highest BCUT2D eigenvalue weighted by molar-refractivity contribution is 7.25. The topological polar surface area (TPSA) is 64.5 Å². The van der Waals surface area contributed by atoms with Crippen molar-refractivity contribution in [1.82, 2.24) is 24.9 Å². The molecule has 8 aromatic rings. The third-order valence-electron chi connectivity index (χ3n) is 7.25. The Balaban J connectivity index is 1.25. The quantitative estimate of drug-likeness (QED) is 0.222. The molecular formula is C35H21N5S. The Bertz CT molecular complexity index is 2150. The van der Waals surface area contributed by atoms with Crippen molar-refractivity contribution in [3.05, 3.63) is 128 Å². The standard InChI is InChI=1S/C35H21N5S/c1-3-9-22(10-4-1)29-20-30(23-11-5-2-6-12-23)39-34(38-29)24-15-16-27-31(19-24)36-21-37-33(27)28-18-17-26-25-13-7-8-14-32(25)41-35(26)40-28/h1-21H. The molecule has 0 atom stereocenters. The third kappa shape index (κ3) is 4.22. The average molecular weight is 544 g/mol. The van der Waals surface area contributed by atoms with E-state index in [9.17, 15) is 0 Å². The van der Waals surface area contributed by atoms with Gasteiger partial charge in [-0.3, -0.25) is 0 Å². The lowest BCUT2D eigenvalue weighted by Crippen LogP contribution is -1.97. The van der Waals surface area contributed by atoms with Gasteiger partial charge in [-0.05, 0) is 36.4 Å². The van der Waals surface area contributed by atoms with E-state index in [1.54, 1.807) is 17.7 Å². The van der Waals surface area contributed by atoms with Gasteiger partial charge >= 0.3 is 0 Å². The van der Waals surface area contributed by atoms with Crippen LogP contribution in [0, 0.1) is 0 Å². The summed E-state index contributed by atoms with van der Waals surface area (Å²) >= 11 is 1.70. The molecule has 0 amide bonds. The van der Waals surface area contributed by atoms with Crippen molar-refractivity contribution in [2.24, 2.45) is 0 Å². The molecule has 0 aliphatic heterocycles. The van der Waals surface area contributed by atoms with Gasteiger partial charge in [-0.15, -0.1) is 11.3 Å². The fraction of sp³-hybridized carbons (Fsp3) is 0. The zero-order chi connectivity index (χ0) is 27.2. The highest BCUT2D eigenvalue weighted by Crippen LogP contribution is 2.35. The molecule has 0 unspecified atom stereocenters. The van der Waals surface area contributed by atoms with Gasteiger partial charge in [0.05, 0.1) is 28.3 Å². The molecule has 0 saturated heterocycles. The first-order chi connectivity index (χ1) is 20.3. The molecule has 6 heteroatoms. The Kier molecular flexibility index (Phi) is 5.57. The number of hydrogen-bond donors (Lipinski definition) is 0. The van der Waals surface area contributed by atoms with E-state index >= 15 is 0 Å². The molecule has 4 aromatic carbocycles. The number of hydrogen-bond acceptors (Lipinski definition) is 6. The number of rotatable bonds is 4. The van der Waals surface area contributed by atoms with Crippen molar-refractivity contribution in [3.8, 4) is 45.3 Å². The van der Waals surface area contributed by atoms with Crippen LogP contribution in [0.3, 0.4) is 0 Å². The van der Waals surface area contributed by atoms with Crippen LogP contribution in [0.5, 0.6) is 0 Å². The van der Waals surface area contributed by atoms with E-state index in [1.807, 2.05) is 54.6 Å². The summed E-state index contributed by atoms with van der Waals surface area (Å²) in [4.78, 5) is 25.2. The van der Waals surface area contributed by atoms with Gasteiger partial charge < -0.3 is 0 Å². The Morgan fingerprint density at radius 1 is 0.463 bits per heavy atom. The van der Waals surface area contributed by atoms with E-state index in [-0.39, 0.29) is 0 Å². The van der Waals surface area contributed by atoms with E-state index in [4.69, 9.17) is 15.0 Å². The van der Waals surface area contributed by atoms with Crippen LogP contribution < -0.4 is 0 Å². The predicted molar refractivity (Wildman–Crippen MR) is 168 cm³/mol. The first-order valence-corrected chi connectivity index (χ1v) is 14.2. The minimum atomic E-state index is 0.650. The number of nitrogens with zero attached hydrogens (tertiary/aromatic N) is 5. The molecule has 5 nitrogen and oxygen atoms in total. The first kappa shape index (κ1) is 23.5.